The van der Waals surface area contributed by atoms with Crippen molar-refractivity contribution in [3.63, 3.8) is 0 Å². The predicted molar refractivity (Wildman–Crippen MR) is 54.8 cm³/mol. The molecule has 0 amide bonds. The molecule has 1 rings (SSSR count). The molecular weight excluding hydrogens is 198 g/mol. The molecule has 0 unspecified atom stereocenters. The van der Waals surface area contributed by atoms with Crippen molar-refractivity contribution in [1.29, 1.82) is 0 Å². The van der Waals surface area contributed by atoms with Gasteiger partial charge in [0.25, 0.3) is 0 Å². The highest BCUT2D eigenvalue weighted by atomic mass is 16.6. The number of aliphatic hydroxyl groups is 1. The zero-order valence-electron chi connectivity index (χ0n) is 8.47. The van der Waals surface area contributed by atoms with Crippen molar-refractivity contribution in [1.82, 2.24) is 0 Å². The molecule has 1 aromatic rings. The number of nitro benzene ring substituents is 1. The highest BCUT2D eigenvalue weighted by Crippen LogP contribution is 2.30. The van der Waals surface area contributed by atoms with Gasteiger partial charge in [-0.1, -0.05) is 19.1 Å². The summed E-state index contributed by atoms with van der Waals surface area (Å²) in [5, 5.41) is 19.7. The van der Waals surface area contributed by atoms with Crippen LogP contribution in [0.4, 0.5) is 5.69 Å². The minimum Gasteiger partial charge on any atom is -0.487 e. The molecule has 82 valence electrons. The Hall–Kier alpha value is -1.62. The van der Waals surface area contributed by atoms with Gasteiger partial charge >= 0.3 is 5.69 Å². The third-order valence-electron chi connectivity index (χ3n) is 1.89. The Morgan fingerprint density at radius 1 is 1.53 bits per heavy atom. The standard InChI is InChI=1S/C10H13NO4/c1-2-6-15-10-8(7-12)4-3-5-9(10)11(13)14/h3-5,12H,2,6-7H2,1H3. The number of aliphatic hydroxyl groups excluding tert-OH is 1. The van der Waals surface area contributed by atoms with Gasteiger partial charge < -0.3 is 9.84 Å². The average Bonchev–Trinajstić information content (AvgIpc) is 2.25. The maximum absolute atomic E-state index is 10.7. The van der Waals surface area contributed by atoms with Gasteiger partial charge in [-0.25, -0.2) is 0 Å². The van der Waals surface area contributed by atoms with E-state index in [0.29, 0.717) is 12.2 Å². The molecule has 0 saturated heterocycles. The fourth-order valence-electron chi connectivity index (χ4n) is 1.21. The third-order valence-corrected chi connectivity index (χ3v) is 1.89. The largest absolute Gasteiger partial charge is 0.487 e. The van der Waals surface area contributed by atoms with Crippen LogP contribution in [-0.2, 0) is 6.61 Å². The number of hydrogen-bond donors (Lipinski definition) is 1. The lowest BCUT2D eigenvalue weighted by Crippen LogP contribution is -2.02. The molecule has 1 N–H and O–H groups in total. The van der Waals surface area contributed by atoms with Crippen LogP contribution in [0.2, 0.25) is 0 Å². The van der Waals surface area contributed by atoms with Gasteiger partial charge in [0.05, 0.1) is 18.1 Å². The highest BCUT2D eigenvalue weighted by Gasteiger charge is 2.17. The summed E-state index contributed by atoms with van der Waals surface area (Å²) in [4.78, 5) is 10.2. The van der Waals surface area contributed by atoms with Crippen LogP contribution in [0, 0.1) is 10.1 Å². The van der Waals surface area contributed by atoms with Gasteiger partial charge in [0.2, 0.25) is 5.75 Å². The lowest BCUT2D eigenvalue weighted by molar-refractivity contribution is -0.386. The molecule has 0 aromatic heterocycles. The molecule has 0 saturated carbocycles. The minimum absolute atomic E-state index is 0.102. The predicted octanol–water partition coefficient (Wildman–Crippen LogP) is 1.88. The van der Waals surface area contributed by atoms with Crippen LogP contribution in [0.1, 0.15) is 18.9 Å². The molecule has 5 nitrogen and oxygen atoms in total. The molecule has 0 fully saturated rings. The van der Waals surface area contributed by atoms with E-state index in [0.717, 1.165) is 6.42 Å². The first-order valence-electron chi connectivity index (χ1n) is 4.70. The fourth-order valence-corrected chi connectivity index (χ4v) is 1.21. The summed E-state index contributed by atoms with van der Waals surface area (Å²) in [6, 6.07) is 4.50. The Morgan fingerprint density at radius 2 is 2.27 bits per heavy atom. The Kier molecular flexibility index (Phi) is 4.05. The molecule has 0 aliphatic heterocycles. The van der Waals surface area contributed by atoms with Crippen LogP contribution < -0.4 is 4.74 Å². The van der Waals surface area contributed by atoms with Gasteiger partial charge in [0.1, 0.15) is 0 Å². The molecule has 0 atom stereocenters. The maximum atomic E-state index is 10.7. The SMILES string of the molecule is CCCOc1c(CO)cccc1[N+](=O)[O-]. The molecule has 0 spiro atoms. The smallest absolute Gasteiger partial charge is 0.311 e. The van der Waals surface area contributed by atoms with Gasteiger partial charge in [0.15, 0.2) is 0 Å². The molecule has 0 aliphatic carbocycles. The average molecular weight is 211 g/mol. The van der Waals surface area contributed by atoms with E-state index in [1.54, 1.807) is 6.07 Å². The summed E-state index contributed by atoms with van der Waals surface area (Å²) in [6.45, 7) is 2.05. The first kappa shape index (κ1) is 11.5. The summed E-state index contributed by atoms with van der Waals surface area (Å²) in [5.74, 6) is 0.173. The number of para-hydroxylation sites is 1. The van der Waals surface area contributed by atoms with Crippen LogP contribution in [0.15, 0.2) is 18.2 Å². The number of hydrogen-bond acceptors (Lipinski definition) is 4. The summed E-state index contributed by atoms with van der Waals surface area (Å²) >= 11 is 0. The van der Waals surface area contributed by atoms with Gasteiger partial charge in [0, 0.05) is 11.6 Å². The number of rotatable bonds is 5. The molecular formula is C10H13NO4. The Labute approximate surface area is 87.5 Å². The normalized spacial score (nSPS) is 10.0. The molecule has 1 aromatic carbocycles. The zero-order valence-corrected chi connectivity index (χ0v) is 8.47. The summed E-state index contributed by atoms with van der Waals surface area (Å²) in [5.41, 5.74) is 0.340. The van der Waals surface area contributed by atoms with E-state index >= 15 is 0 Å². The van der Waals surface area contributed by atoms with E-state index in [4.69, 9.17) is 9.84 Å². The second-order valence-corrected chi connectivity index (χ2v) is 3.03. The van der Waals surface area contributed by atoms with Crippen molar-refractivity contribution in [2.24, 2.45) is 0 Å². The van der Waals surface area contributed by atoms with E-state index in [2.05, 4.69) is 0 Å². The Bertz CT molecular complexity index is 351. The molecule has 0 aliphatic rings. The number of nitrogens with zero attached hydrogens (tertiary/aromatic N) is 1. The molecule has 0 heterocycles. The fraction of sp³-hybridized carbons (Fsp3) is 0.400. The van der Waals surface area contributed by atoms with E-state index in [1.807, 2.05) is 6.92 Å². The van der Waals surface area contributed by atoms with Gasteiger partial charge in [-0.2, -0.15) is 0 Å². The minimum atomic E-state index is -0.510. The third kappa shape index (κ3) is 2.66. The number of ether oxygens (including phenoxy) is 1. The van der Waals surface area contributed by atoms with Crippen molar-refractivity contribution >= 4 is 5.69 Å². The Morgan fingerprint density at radius 3 is 2.80 bits per heavy atom. The summed E-state index contributed by atoms with van der Waals surface area (Å²) in [6.07, 6.45) is 0.761. The van der Waals surface area contributed by atoms with Gasteiger partial charge in [-0.3, -0.25) is 10.1 Å². The van der Waals surface area contributed by atoms with Crippen LogP contribution in [0.25, 0.3) is 0 Å². The van der Waals surface area contributed by atoms with Crippen molar-refractivity contribution in [2.75, 3.05) is 6.61 Å². The second kappa shape index (κ2) is 5.31. The first-order valence-corrected chi connectivity index (χ1v) is 4.70. The van der Waals surface area contributed by atoms with Crippen molar-refractivity contribution < 1.29 is 14.8 Å². The molecule has 0 bridgehead atoms. The Balaban J connectivity index is 3.08. The quantitative estimate of drug-likeness (QED) is 0.596. The van der Waals surface area contributed by atoms with E-state index < -0.39 is 4.92 Å². The van der Waals surface area contributed by atoms with E-state index in [-0.39, 0.29) is 18.0 Å². The van der Waals surface area contributed by atoms with E-state index in [1.165, 1.54) is 12.1 Å². The van der Waals surface area contributed by atoms with Gasteiger partial charge in [-0.05, 0) is 6.42 Å². The van der Waals surface area contributed by atoms with E-state index in [9.17, 15) is 10.1 Å². The lowest BCUT2D eigenvalue weighted by atomic mass is 10.2. The highest BCUT2D eigenvalue weighted by molar-refractivity contribution is 5.51. The van der Waals surface area contributed by atoms with Crippen LogP contribution in [0.3, 0.4) is 0 Å². The lowest BCUT2D eigenvalue weighted by Gasteiger charge is -2.08. The van der Waals surface area contributed by atoms with Crippen molar-refractivity contribution in [3.8, 4) is 5.75 Å². The molecule has 15 heavy (non-hydrogen) atoms. The van der Waals surface area contributed by atoms with Crippen LogP contribution >= 0.6 is 0 Å². The number of nitro groups is 1. The molecule has 5 heteroatoms. The maximum Gasteiger partial charge on any atom is 0.311 e. The number of benzene rings is 1. The summed E-state index contributed by atoms with van der Waals surface area (Å²) in [7, 11) is 0. The summed E-state index contributed by atoms with van der Waals surface area (Å²) < 4.78 is 5.27. The second-order valence-electron chi connectivity index (χ2n) is 3.03. The zero-order chi connectivity index (χ0) is 11.3. The topological polar surface area (TPSA) is 72.6 Å². The van der Waals surface area contributed by atoms with Crippen molar-refractivity contribution in [3.05, 3.63) is 33.9 Å². The van der Waals surface area contributed by atoms with Crippen LogP contribution in [-0.4, -0.2) is 16.6 Å². The van der Waals surface area contributed by atoms with Gasteiger partial charge in [-0.15, -0.1) is 0 Å². The monoisotopic (exact) mass is 211 g/mol. The first-order chi connectivity index (χ1) is 7.20. The van der Waals surface area contributed by atoms with Crippen LogP contribution in [0.5, 0.6) is 5.75 Å². The van der Waals surface area contributed by atoms with Crippen molar-refractivity contribution in [2.45, 2.75) is 20.0 Å². The molecule has 0 radical (unpaired) electrons.